The molecule has 130 valence electrons. The molecule has 1 aliphatic carbocycles. The van der Waals surface area contributed by atoms with E-state index in [4.69, 9.17) is 4.74 Å². The predicted octanol–water partition coefficient (Wildman–Crippen LogP) is 1.86. The van der Waals surface area contributed by atoms with E-state index in [0.29, 0.717) is 17.8 Å². The molecule has 0 unspecified atom stereocenters. The van der Waals surface area contributed by atoms with Crippen molar-refractivity contribution in [3.63, 3.8) is 0 Å². The maximum Gasteiger partial charge on any atom is 0.308 e. The monoisotopic (exact) mass is 330 g/mol. The first-order valence-electron chi connectivity index (χ1n) is 9.14. The van der Waals surface area contributed by atoms with Crippen LogP contribution in [0.25, 0.3) is 0 Å². The highest BCUT2D eigenvalue weighted by molar-refractivity contribution is 5.72. The number of esters is 1. The zero-order chi connectivity index (χ0) is 16.7. The number of pyridine rings is 1. The van der Waals surface area contributed by atoms with Gasteiger partial charge < -0.3 is 14.2 Å². The number of fused-ring (bicyclic) bond motifs is 4. The van der Waals surface area contributed by atoms with E-state index in [2.05, 4.69) is 11.0 Å². The van der Waals surface area contributed by atoms with Crippen molar-refractivity contribution in [2.75, 3.05) is 26.7 Å². The van der Waals surface area contributed by atoms with Crippen molar-refractivity contribution in [1.29, 1.82) is 0 Å². The van der Waals surface area contributed by atoms with Crippen molar-refractivity contribution in [3.8, 4) is 0 Å². The molecule has 3 aliphatic rings. The zero-order valence-corrected chi connectivity index (χ0v) is 14.3. The summed E-state index contributed by atoms with van der Waals surface area (Å²) in [6.45, 7) is 4.06. The standard InChI is InChI=1S/C19H26N2O3/c1-24-19(23)15-6-5-13(7-15)9-20-10-14-8-16(12-20)17-3-2-4-18(22)21(17)11-14/h2-4,13-16H,5-12H2,1H3/t13-,14-,15+,16+/m0/s1. The smallest absolute Gasteiger partial charge is 0.308 e. The van der Waals surface area contributed by atoms with Gasteiger partial charge >= 0.3 is 5.97 Å². The summed E-state index contributed by atoms with van der Waals surface area (Å²) in [6.07, 6.45) is 4.27. The average molecular weight is 330 g/mol. The van der Waals surface area contributed by atoms with E-state index >= 15 is 0 Å². The van der Waals surface area contributed by atoms with Crippen molar-refractivity contribution in [2.45, 2.75) is 38.1 Å². The van der Waals surface area contributed by atoms with Crippen molar-refractivity contribution in [2.24, 2.45) is 17.8 Å². The number of nitrogens with zero attached hydrogens (tertiary/aromatic N) is 2. The molecule has 24 heavy (non-hydrogen) atoms. The summed E-state index contributed by atoms with van der Waals surface area (Å²) in [6, 6.07) is 5.69. The summed E-state index contributed by atoms with van der Waals surface area (Å²) in [4.78, 5) is 26.4. The minimum atomic E-state index is -0.0404. The normalized spacial score (nSPS) is 32.4. The Morgan fingerprint density at radius 2 is 2.08 bits per heavy atom. The van der Waals surface area contributed by atoms with Gasteiger partial charge in [-0.15, -0.1) is 0 Å². The Labute approximate surface area is 142 Å². The van der Waals surface area contributed by atoms with Crippen LogP contribution in [0, 0.1) is 17.8 Å². The molecule has 0 radical (unpaired) electrons. The quantitative estimate of drug-likeness (QED) is 0.794. The second kappa shape index (κ2) is 6.36. The molecule has 3 heterocycles. The molecule has 0 aromatic carbocycles. The van der Waals surface area contributed by atoms with Crippen LogP contribution >= 0.6 is 0 Å². The van der Waals surface area contributed by atoms with Gasteiger partial charge in [0.25, 0.3) is 5.56 Å². The van der Waals surface area contributed by atoms with Crippen LogP contribution in [-0.4, -0.2) is 42.2 Å². The fourth-order valence-electron chi connectivity index (χ4n) is 5.13. The third kappa shape index (κ3) is 2.90. The van der Waals surface area contributed by atoms with Gasteiger partial charge in [-0.05, 0) is 43.6 Å². The van der Waals surface area contributed by atoms with E-state index in [1.54, 1.807) is 6.07 Å². The van der Waals surface area contributed by atoms with Gasteiger partial charge in [0.05, 0.1) is 13.0 Å². The Balaban J connectivity index is 1.42. The summed E-state index contributed by atoms with van der Waals surface area (Å²) >= 11 is 0. The zero-order valence-electron chi connectivity index (χ0n) is 14.3. The SMILES string of the molecule is COC(=O)[C@@H]1CC[C@H](CN2C[C@@H]3C[C@H](C2)c2cccc(=O)n2C3)C1. The average Bonchev–Trinajstić information content (AvgIpc) is 3.03. The van der Waals surface area contributed by atoms with Crippen molar-refractivity contribution in [1.82, 2.24) is 9.47 Å². The van der Waals surface area contributed by atoms with E-state index < -0.39 is 0 Å². The fourth-order valence-corrected chi connectivity index (χ4v) is 5.13. The highest BCUT2D eigenvalue weighted by atomic mass is 16.5. The first-order valence-corrected chi connectivity index (χ1v) is 9.14. The molecule has 2 aliphatic heterocycles. The third-order valence-electron chi connectivity index (χ3n) is 6.15. The van der Waals surface area contributed by atoms with Crippen LogP contribution < -0.4 is 5.56 Å². The van der Waals surface area contributed by atoms with Crippen LogP contribution in [0.1, 0.15) is 37.3 Å². The molecule has 1 saturated carbocycles. The van der Waals surface area contributed by atoms with Crippen LogP contribution in [0.5, 0.6) is 0 Å². The van der Waals surface area contributed by atoms with Crippen LogP contribution in [0.4, 0.5) is 0 Å². The number of aromatic nitrogens is 1. The number of rotatable bonds is 3. The molecule has 4 atom stereocenters. The van der Waals surface area contributed by atoms with E-state index in [9.17, 15) is 9.59 Å². The van der Waals surface area contributed by atoms with E-state index in [-0.39, 0.29) is 17.4 Å². The highest BCUT2D eigenvalue weighted by Crippen LogP contribution is 2.37. The van der Waals surface area contributed by atoms with Crippen molar-refractivity contribution in [3.05, 3.63) is 34.2 Å². The Hall–Kier alpha value is -1.62. The van der Waals surface area contributed by atoms with Gasteiger partial charge in [0.15, 0.2) is 0 Å². The van der Waals surface area contributed by atoms with E-state index in [1.807, 2.05) is 10.6 Å². The second-order valence-corrected chi connectivity index (χ2v) is 7.82. The van der Waals surface area contributed by atoms with Gasteiger partial charge in [-0.3, -0.25) is 9.59 Å². The molecular formula is C19H26N2O3. The number of ether oxygens (including phenoxy) is 1. The highest BCUT2D eigenvalue weighted by Gasteiger charge is 2.37. The van der Waals surface area contributed by atoms with E-state index in [0.717, 1.165) is 45.4 Å². The summed E-state index contributed by atoms with van der Waals surface area (Å²) < 4.78 is 6.88. The molecule has 0 amide bonds. The van der Waals surface area contributed by atoms with Gasteiger partial charge in [0.2, 0.25) is 0 Å². The largest absolute Gasteiger partial charge is 0.469 e. The van der Waals surface area contributed by atoms with Gasteiger partial charge in [0.1, 0.15) is 0 Å². The molecule has 1 aromatic heterocycles. The van der Waals surface area contributed by atoms with Gasteiger partial charge in [-0.2, -0.15) is 0 Å². The minimum Gasteiger partial charge on any atom is -0.469 e. The lowest BCUT2D eigenvalue weighted by molar-refractivity contribution is -0.145. The lowest BCUT2D eigenvalue weighted by Crippen LogP contribution is -2.48. The number of carbonyl (C=O) groups is 1. The predicted molar refractivity (Wildman–Crippen MR) is 90.8 cm³/mol. The number of hydrogen-bond acceptors (Lipinski definition) is 4. The maximum absolute atomic E-state index is 12.1. The van der Waals surface area contributed by atoms with Crippen LogP contribution in [0.2, 0.25) is 0 Å². The Morgan fingerprint density at radius 1 is 1.21 bits per heavy atom. The lowest BCUT2D eigenvalue weighted by atomic mass is 9.82. The first kappa shape index (κ1) is 15.9. The Morgan fingerprint density at radius 3 is 2.92 bits per heavy atom. The van der Waals surface area contributed by atoms with Gasteiger partial charge in [-0.1, -0.05) is 6.07 Å². The molecule has 1 aromatic rings. The molecule has 5 nitrogen and oxygen atoms in total. The number of hydrogen-bond donors (Lipinski definition) is 0. The number of likely N-dealkylation sites (tertiary alicyclic amines) is 1. The first-order chi connectivity index (χ1) is 11.6. The third-order valence-corrected chi connectivity index (χ3v) is 6.15. The molecule has 2 fully saturated rings. The number of piperidine rings is 1. The van der Waals surface area contributed by atoms with Crippen LogP contribution in [-0.2, 0) is 16.1 Å². The van der Waals surface area contributed by atoms with Crippen LogP contribution in [0.15, 0.2) is 23.0 Å². The Bertz CT molecular complexity index is 683. The second-order valence-electron chi connectivity index (χ2n) is 7.82. The molecule has 4 rings (SSSR count). The van der Waals surface area contributed by atoms with Gasteiger partial charge in [-0.25, -0.2) is 0 Å². The molecule has 0 spiro atoms. The molecule has 2 bridgehead atoms. The fraction of sp³-hybridized carbons (Fsp3) is 0.684. The molecular weight excluding hydrogens is 304 g/mol. The minimum absolute atomic E-state index is 0.0404. The van der Waals surface area contributed by atoms with Crippen LogP contribution in [0.3, 0.4) is 0 Å². The summed E-state index contributed by atoms with van der Waals surface area (Å²) in [5.41, 5.74) is 1.36. The van der Waals surface area contributed by atoms with Crippen molar-refractivity contribution < 1.29 is 9.53 Å². The number of carbonyl (C=O) groups excluding carboxylic acids is 1. The van der Waals surface area contributed by atoms with E-state index in [1.165, 1.54) is 19.2 Å². The molecule has 5 heteroatoms. The molecule has 0 N–H and O–H groups in total. The maximum atomic E-state index is 12.1. The van der Waals surface area contributed by atoms with Gasteiger partial charge in [0, 0.05) is 43.9 Å². The summed E-state index contributed by atoms with van der Waals surface area (Å²) in [5.74, 6) is 1.72. The summed E-state index contributed by atoms with van der Waals surface area (Å²) in [7, 11) is 1.49. The lowest BCUT2D eigenvalue weighted by Gasteiger charge is -2.43. The van der Waals surface area contributed by atoms with Crippen molar-refractivity contribution >= 4 is 5.97 Å². The number of methoxy groups -OCH3 is 1. The molecule has 1 saturated heterocycles. The summed E-state index contributed by atoms with van der Waals surface area (Å²) in [5, 5.41) is 0. The Kier molecular flexibility index (Phi) is 4.21. The topological polar surface area (TPSA) is 51.5 Å².